The van der Waals surface area contributed by atoms with E-state index >= 15 is 0 Å². The Labute approximate surface area is 123 Å². The Balaban J connectivity index is 1.91. The molecule has 0 radical (unpaired) electrons. The highest BCUT2D eigenvalue weighted by atomic mass is 16.3. The number of carbonyl (C=O) groups excluding carboxylic acids is 1. The van der Waals surface area contributed by atoms with Crippen molar-refractivity contribution in [2.75, 3.05) is 26.2 Å². The van der Waals surface area contributed by atoms with E-state index in [1.54, 1.807) is 0 Å². The minimum absolute atomic E-state index is 0.233. The minimum Gasteiger partial charge on any atom is -0.396 e. The molecule has 2 aliphatic rings. The molecule has 1 N–H and O–H groups in total. The molecule has 4 nitrogen and oxygen atoms in total. The molecular formula is C16H30N2O2. The maximum Gasteiger partial charge on any atom is 0.237 e. The largest absolute Gasteiger partial charge is 0.396 e. The van der Waals surface area contributed by atoms with Gasteiger partial charge in [0.05, 0.1) is 6.54 Å². The van der Waals surface area contributed by atoms with Gasteiger partial charge in [-0.1, -0.05) is 13.3 Å². The number of nitrogens with zero attached hydrogens (tertiary/aromatic N) is 2. The number of hydrogen-bond donors (Lipinski definition) is 1. The Hall–Kier alpha value is -0.610. The lowest BCUT2D eigenvalue weighted by Gasteiger charge is -2.39. The fourth-order valence-electron chi connectivity index (χ4n) is 3.76. The highest BCUT2D eigenvalue weighted by Gasteiger charge is 2.29. The van der Waals surface area contributed by atoms with E-state index in [1.807, 2.05) is 0 Å². The topological polar surface area (TPSA) is 43.8 Å². The summed E-state index contributed by atoms with van der Waals surface area (Å²) in [5.74, 6) is 0.307. The number of piperidine rings is 2. The third-order valence-electron chi connectivity index (χ3n) is 4.97. The average Bonchev–Trinajstić information content (AvgIpc) is 2.49. The summed E-state index contributed by atoms with van der Waals surface area (Å²) in [4.78, 5) is 17.0. The van der Waals surface area contributed by atoms with E-state index in [9.17, 15) is 9.90 Å². The molecule has 0 aromatic rings. The van der Waals surface area contributed by atoms with Gasteiger partial charge in [0.15, 0.2) is 0 Å². The van der Waals surface area contributed by atoms with Crippen molar-refractivity contribution in [1.29, 1.82) is 0 Å². The van der Waals surface area contributed by atoms with Crippen LogP contribution in [0.5, 0.6) is 0 Å². The number of aliphatic hydroxyl groups excluding tert-OH is 1. The second kappa shape index (κ2) is 7.99. The number of rotatable bonds is 5. The number of amides is 1. The van der Waals surface area contributed by atoms with Crippen LogP contribution < -0.4 is 0 Å². The normalized spacial score (nSPS) is 28.6. The molecule has 0 saturated carbocycles. The molecule has 2 fully saturated rings. The number of aliphatic hydroxyl groups is 1. The first-order valence-electron chi connectivity index (χ1n) is 8.40. The lowest BCUT2D eigenvalue weighted by atomic mass is 9.98. The molecule has 2 heterocycles. The molecule has 2 saturated heterocycles. The van der Waals surface area contributed by atoms with Crippen molar-refractivity contribution in [1.82, 2.24) is 9.80 Å². The molecule has 0 bridgehead atoms. The summed E-state index contributed by atoms with van der Waals surface area (Å²) in [6, 6.07) is 0.861. The van der Waals surface area contributed by atoms with Crippen molar-refractivity contribution >= 4 is 5.91 Å². The van der Waals surface area contributed by atoms with Crippen LogP contribution in [0.4, 0.5) is 0 Å². The third-order valence-corrected chi connectivity index (χ3v) is 4.97. The third kappa shape index (κ3) is 3.95. The molecule has 2 unspecified atom stereocenters. The first-order valence-corrected chi connectivity index (χ1v) is 8.40. The van der Waals surface area contributed by atoms with Gasteiger partial charge in [-0.3, -0.25) is 9.69 Å². The molecule has 2 atom stereocenters. The molecule has 0 spiro atoms. The van der Waals surface area contributed by atoms with E-state index in [2.05, 4.69) is 16.7 Å². The van der Waals surface area contributed by atoms with Crippen molar-refractivity contribution in [2.24, 2.45) is 0 Å². The van der Waals surface area contributed by atoms with Crippen molar-refractivity contribution in [3.63, 3.8) is 0 Å². The summed E-state index contributed by atoms with van der Waals surface area (Å²) in [5, 5.41) is 9.18. The predicted octanol–water partition coefficient (Wildman–Crippen LogP) is 2.01. The highest BCUT2D eigenvalue weighted by Crippen LogP contribution is 2.22. The van der Waals surface area contributed by atoms with Gasteiger partial charge in [0.1, 0.15) is 0 Å². The molecule has 116 valence electrons. The Bertz CT molecular complexity index is 307. The zero-order chi connectivity index (χ0) is 14.4. The fourth-order valence-corrected chi connectivity index (χ4v) is 3.76. The molecule has 0 aromatic heterocycles. The SMILES string of the molecule is CCC1CCCCN1C(=O)CN1CCCCC1CCO. The monoisotopic (exact) mass is 282 g/mol. The van der Waals surface area contributed by atoms with Crippen molar-refractivity contribution < 1.29 is 9.90 Å². The van der Waals surface area contributed by atoms with Crippen LogP contribution in [0.3, 0.4) is 0 Å². The van der Waals surface area contributed by atoms with Gasteiger partial charge in [-0.25, -0.2) is 0 Å². The van der Waals surface area contributed by atoms with Gasteiger partial charge in [0.25, 0.3) is 0 Å². The zero-order valence-electron chi connectivity index (χ0n) is 12.9. The van der Waals surface area contributed by atoms with Crippen LogP contribution in [0.25, 0.3) is 0 Å². The van der Waals surface area contributed by atoms with Crippen molar-refractivity contribution in [2.45, 2.75) is 70.4 Å². The summed E-state index contributed by atoms with van der Waals surface area (Å²) < 4.78 is 0. The van der Waals surface area contributed by atoms with Crippen molar-refractivity contribution in [3.05, 3.63) is 0 Å². The van der Waals surface area contributed by atoms with Gasteiger partial charge in [-0.05, 0) is 51.5 Å². The maximum atomic E-state index is 12.6. The van der Waals surface area contributed by atoms with Crippen LogP contribution in [0.2, 0.25) is 0 Å². The maximum absolute atomic E-state index is 12.6. The molecule has 0 aliphatic carbocycles. The first kappa shape index (κ1) is 15.8. The summed E-state index contributed by atoms with van der Waals surface area (Å²) in [6.45, 7) is 4.93. The number of carbonyl (C=O) groups is 1. The summed E-state index contributed by atoms with van der Waals surface area (Å²) >= 11 is 0. The summed E-state index contributed by atoms with van der Waals surface area (Å²) in [6.07, 6.45) is 9.02. The number of hydrogen-bond acceptors (Lipinski definition) is 3. The quantitative estimate of drug-likeness (QED) is 0.839. The first-order chi connectivity index (χ1) is 9.76. The average molecular weight is 282 g/mol. The zero-order valence-corrected chi connectivity index (χ0v) is 12.9. The van der Waals surface area contributed by atoms with E-state index in [1.165, 1.54) is 25.7 Å². The molecular weight excluding hydrogens is 252 g/mol. The Morgan fingerprint density at radius 3 is 2.50 bits per heavy atom. The van der Waals surface area contributed by atoms with Crippen molar-refractivity contribution in [3.8, 4) is 0 Å². The van der Waals surface area contributed by atoms with Crippen LogP contribution in [-0.2, 0) is 4.79 Å². The molecule has 4 heteroatoms. The lowest BCUT2D eigenvalue weighted by Crippen LogP contribution is -2.51. The van der Waals surface area contributed by atoms with Crippen LogP contribution >= 0.6 is 0 Å². The van der Waals surface area contributed by atoms with Crippen LogP contribution in [0.1, 0.15) is 58.3 Å². The lowest BCUT2D eigenvalue weighted by molar-refractivity contribution is -0.137. The van der Waals surface area contributed by atoms with Crippen LogP contribution in [-0.4, -0.2) is 59.1 Å². The Morgan fingerprint density at radius 2 is 1.80 bits per heavy atom. The minimum atomic E-state index is 0.233. The Morgan fingerprint density at radius 1 is 1.10 bits per heavy atom. The van der Waals surface area contributed by atoms with Gasteiger partial charge in [0, 0.05) is 25.2 Å². The van der Waals surface area contributed by atoms with Gasteiger partial charge < -0.3 is 10.0 Å². The van der Waals surface area contributed by atoms with E-state index in [0.717, 1.165) is 38.8 Å². The predicted molar refractivity (Wildman–Crippen MR) is 80.6 cm³/mol. The molecule has 2 aliphatic heterocycles. The molecule has 0 aromatic carbocycles. The van der Waals surface area contributed by atoms with Gasteiger partial charge in [-0.15, -0.1) is 0 Å². The molecule has 1 amide bonds. The van der Waals surface area contributed by atoms with E-state index in [4.69, 9.17) is 0 Å². The van der Waals surface area contributed by atoms with Crippen LogP contribution in [0.15, 0.2) is 0 Å². The van der Waals surface area contributed by atoms with E-state index < -0.39 is 0 Å². The second-order valence-electron chi connectivity index (χ2n) is 6.28. The molecule has 20 heavy (non-hydrogen) atoms. The van der Waals surface area contributed by atoms with E-state index in [-0.39, 0.29) is 6.61 Å². The standard InChI is InChI=1S/C16H30N2O2/c1-2-14-7-4-6-11-18(14)16(20)13-17-10-5-3-8-15(17)9-12-19/h14-15,19H,2-13H2,1H3. The molecule has 2 rings (SSSR count). The number of likely N-dealkylation sites (tertiary alicyclic amines) is 2. The fraction of sp³-hybridized carbons (Fsp3) is 0.938. The Kier molecular flexibility index (Phi) is 6.30. The van der Waals surface area contributed by atoms with Crippen LogP contribution in [0, 0.1) is 0 Å². The summed E-state index contributed by atoms with van der Waals surface area (Å²) in [7, 11) is 0. The van der Waals surface area contributed by atoms with E-state index in [0.29, 0.717) is 24.5 Å². The van der Waals surface area contributed by atoms with Gasteiger partial charge >= 0.3 is 0 Å². The summed E-state index contributed by atoms with van der Waals surface area (Å²) in [5.41, 5.74) is 0. The second-order valence-corrected chi connectivity index (χ2v) is 6.28. The van der Waals surface area contributed by atoms with Gasteiger partial charge in [-0.2, -0.15) is 0 Å². The highest BCUT2D eigenvalue weighted by molar-refractivity contribution is 5.78. The smallest absolute Gasteiger partial charge is 0.237 e. The van der Waals surface area contributed by atoms with Gasteiger partial charge in [0.2, 0.25) is 5.91 Å².